The van der Waals surface area contributed by atoms with Crippen molar-refractivity contribution in [2.24, 2.45) is 5.41 Å². The molecule has 0 bridgehead atoms. The number of rotatable bonds is 8. The second-order valence-corrected chi connectivity index (χ2v) is 6.03. The molecule has 1 unspecified atom stereocenters. The molecule has 1 N–H and O–H groups in total. The third-order valence-corrected chi connectivity index (χ3v) is 4.56. The molecule has 0 amide bonds. The molecule has 0 heterocycles. The number of hydrogen-bond acceptors (Lipinski definition) is 1. The summed E-state index contributed by atoms with van der Waals surface area (Å²) in [7, 11) is 2.08. The molecule has 0 radical (unpaired) electrons. The van der Waals surface area contributed by atoms with Gasteiger partial charge in [-0.25, -0.2) is 0 Å². The van der Waals surface area contributed by atoms with E-state index in [1.54, 1.807) is 5.56 Å². The minimum absolute atomic E-state index is 0.418. The zero-order valence-electron chi connectivity index (χ0n) is 13.5. The minimum Gasteiger partial charge on any atom is -0.319 e. The lowest BCUT2D eigenvalue weighted by Crippen LogP contribution is -2.34. The number of aryl methyl sites for hydroxylation is 2. The molecule has 1 heteroatoms. The highest BCUT2D eigenvalue weighted by Gasteiger charge is 2.28. The maximum Gasteiger partial charge on any atom is 0.000789 e. The van der Waals surface area contributed by atoms with E-state index in [0.29, 0.717) is 5.41 Å². The van der Waals surface area contributed by atoms with E-state index in [4.69, 9.17) is 0 Å². The number of unbranched alkanes of at least 4 members (excludes halogenated alkanes) is 1. The summed E-state index contributed by atoms with van der Waals surface area (Å²) in [4.78, 5) is 0. The molecule has 1 nitrogen and oxygen atoms in total. The van der Waals surface area contributed by atoms with E-state index < -0.39 is 0 Å². The lowest BCUT2D eigenvalue weighted by molar-refractivity contribution is 0.234. The Bertz CT molecular complexity index is 363. The van der Waals surface area contributed by atoms with Crippen LogP contribution in [0.1, 0.15) is 56.2 Å². The van der Waals surface area contributed by atoms with Crippen molar-refractivity contribution in [3.8, 4) is 0 Å². The Labute approximate surface area is 119 Å². The van der Waals surface area contributed by atoms with E-state index in [0.717, 1.165) is 6.54 Å². The summed E-state index contributed by atoms with van der Waals surface area (Å²) in [5.74, 6) is 0. The molecule has 108 valence electrons. The first-order chi connectivity index (χ1) is 9.08. The average molecular weight is 261 g/mol. The summed E-state index contributed by atoms with van der Waals surface area (Å²) < 4.78 is 0. The number of hydrogen-bond donors (Lipinski definition) is 1. The van der Waals surface area contributed by atoms with Crippen LogP contribution in [-0.4, -0.2) is 13.6 Å². The molecule has 1 aromatic carbocycles. The van der Waals surface area contributed by atoms with Gasteiger partial charge in [-0.1, -0.05) is 44.9 Å². The summed E-state index contributed by atoms with van der Waals surface area (Å²) in [6, 6.07) is 6.68. The molecular formula is C18H31N. The van der Waals surface area contributed by atoms with E-state index >= 15 is 0 Å². The summed E-state index contributed by atoms with van der Waals surface area (Å²) in [5, 5.41) is 3.43. The highest BCUT2D eigenvalue weighted by atomic mass is 14.8. The Hall–Kier alpha value is -0.820. The summed E-state index contributed by atoms with van der Waals surface area (Å²) in [5.41, 5.74) is 4.88. The molecule has 0 saturated heterocycles. The summed E-state index contributed by atoms with van der Waals surface area (Å²) >= 11 is 0. The van der Waals surface area contributed by atoms with Gasteiger partial charge in [0.05, 0.1) is 0 Å². The third-order valence-electron chi connectivity index (χ3n) is 4.56. The van der Waals surface area contributed by atoms with Crippen LogP contribution < -0.4 is 5.32 Å². The zero-order valence-corrected chi connectivity index (χ0v) is 13.5. The van der Waals surface area contributed by atoms with Gasteiger partial charge in [-0.15, -0.1) is 0 Å². The molecule has 1 rings (SSSR count). The lowest BCUT2D eigenvalue weighted by Gasteiger charge is -2.34. The number of nitrogens with one attached hydrogen (secondary N) is 1. The van der Waals surface area contributed by atoms with Crippen LogP contribution in [0.3, 0.4) is 0 Å². The fourth-order valence-electron chi connectivity index (χ4n) is 3.10. The van der Waals surface area contributed by atoms with Gasteiger partial charge in [-0.2, -0.15) is 0 Å². The fraction of sp³-hybridized carbons (Fsp3) is 0.667. The highest BCUT2D eigenvalue weighted by molar-refractivity contribution is 5.34. The molecule has 0 aliphatic rings. The first kappa shape index (κ1) is 16.2. The van der Waals surface area contributed by atoms with Crippen molar-refractivity contribution in [1.29, 1.82) is 0 Å². The van der Waals surface area contributed by atoms with Gasteiger partial charge in [-0.3, -0.25) is 0 Å². The van der Waals surface area contributed by atoms with Crippen LogP contribution in [0.25, 0.3) is 0 Å². The van der Waals surface area contributed by atoms with Crippen LogP contribution >= 0.6 is 0 Å². The predicted molar refractivity (Wildman–Crippen MR) is 85.8 cm³/mol. The molecule has 0 saturated carbocycles. The monoisotopic (exact) mass is 261 g/mol. The van der Waals surface area contributed by atoms with Crippen molar-refractivity contribution >= 4 is 0 Å². The Kier molecular flexibility index (Phi) is 6.57. The Balaban J connectivity index is 2.98. The van der Waals surface area contributed by atoms with E-state index in [-0.39, 0.29) is 0 Å². The third kappa shape index (κ3) is 4.35. The quantitative estimate of drug-likeness (QED) is 0.718. The summed E-state index contributed by atoms with van der Waals surface area (Å²) in [6.07, 6.45) is 6.41. The maximum absolute atomic E-state index is 3.43. The average Bonchev–Trinajstić information content (AvgIpc) is 2.40. The molecule has 19 heavy (non-hydrogen) atoms. The SMILES string of the molecule is CCCCC(CC)(CNC)Cc1c(C)cccc1C. The van der Waals surface area contributed by atoms with E-state index in [1.165, 1.54) is 43.2 Å². The molecule has 1 aromatic rings. The van der Waals surface area contributed by atoms with Crippen LogP contribution in [0, 0.1) is 19.3 Å². The van der Waals surface area contributed by atoms with Gasteiger partial charge in [0.15, 0.2) is 0 Å². The topological polar surface area (TPSA) is 12.0 Å². The Morgan fingerprint density at radius 2 is 1.74 bits per heavy atom. The van der Waals surface area contributed by atoms with Crippen molar-refractivity contribution in [1.82, 2.24) is 5.32 Å². The van der Waals surface area contributed by atoms with Crippen molar-refractivity contribution in [2.75, 3.05) is 13.6 Å². The normalized spacial score (nSPS) is 14.4. The van der Waals surface area contributed by atoms with Crippen LogP contribution in [0.15, 0.2) is 18.2 Å². The fourth-order valence-corrected chi connectivity index (χ4v) is 3.10. The van der Waals surface area contributed by atoms with Crippen LogP contribution in [-0.2, 0) is 6.42 Å². The van der Waals surface area contributed by atoms with Crippen LogP contribution in [0.4, 0.5) is 0 Å². The van der Waals surface area contributed by atoms with E-state index in [2.05, 4.69) is 58.3 Å². The van der Waals surface area contributed by atoms with Crippen LogP contribution in [0.5, 0.6) is 0 Å². The molecule has 0 aliphatic heterocycles. The van der Waals surface area contributed by atoms with Gasteiger partial charge in [0, 0.05) is 6.54 Å². The predicted octanol–water partition coefficient (Wildman–Crippen LogP) is 4.65. The second-order valence-electron chi connectivity index (χ2n) is 6.03. The van der Waals surface area contributed by atoms with Gasteiger partial charge in [0.1, 0.15) is 0 Å². The first-order valence-corrected chi connectivity index (χ1v) is 7.78. The van der Waals surface area contributed by atoms with Crippen molar-refractivity contribution in [2.45, 2.75) is 59.8 Å². The standard InChI is InChI=1S/C18H31N/c1-6-8-12-18(7-2,14-19-5)13-17-15(3)10-9-11-16(17)4/h9-11,19H,6-8,12-14H2,1-5H3. The van der Waals surface area contributed by atoms with Gasteiger partial charge in [0.25, 0.3) is 0 Å². The summed E-state index contributed by atoms with van der Waals surface area (Å²) in [6.45, 7) is 10.3. The van der Waals surface area contributed by atoms with Crippen LogP contribution in [0.2, 0.25) is 0 Å². The zero-order chi connectivity index (χ0) is 14.3. The lowest BCUT2D eigenvalue weighted by atomic mass is 9.73. The van der Waals surface area contributed by atoms with Crippen molar-refractivity contribution in [3.05, 3.63) is 34.9 Å². The van der Waals surface area contributed by atoms with Gasteiger partial charge in [-0.05, 0) is 62.3 Å². The molecule has 1 atom stereocenters. The largest absolute Gasteiger partial charge is 0.319 e. The van der Waals surface area contributed by atoms with Crippen molar-refractivity contribution in [3.63, 3.8) is 0 Å². The maximum atomic E-state index is 3.43. The van der Waals surface area contributed by atoms with Crippen molar-refractivity contribution < 1.29 is 0 Å². The van der Waals surface area contributed by atoms with E-state index in [1.807, 2.05) is 0 Å². The number of benzene rings is 1. The molecular weight excluding hydrogens is 230 g/mol. The Morgan fingerprint density at radius 3 is 2.21 bits per heavy atom. The molecule has 0 spiro atoms. The first-order valence-electron chi connectivity index (χ1n) is 7.78. The smallest absolute Gasteiger partial charge is 0.000789 e. The van der Waals surface area contributed by atoms with Gasteiger partial charge < -0.3 is 5.32 Å². The van der Waals surface area contributed by atoms with Gasteiger partial charge >= 0.3 is 0 Å². The Morgan fingerprint density at radius 1 is 1.11 bits per heavy atom. The van der Waals surface area contributed by atoms with Gasteiger partial charge in [0.2, 0.25) is 0 Å². The second kappa shape index (κ2) is 7.69. The molecule has 0 aromatic heterocycles. The molecule has 0 fully saturated rings. The van der Waals surface area contributed by atoms with E-state index in [9.17, 15) is 0 Å². The highest BCUT2D eigenvalue weighted by Crippen LogP contribution is 2.34. The molecule has 0 aliphatic carbocycles. The minimum atomic E-state index is 0.418.